The van der Waals surface area contributed by atoms with Crippen molar-refractivity contribution in [1.82, 2.24) is 0 Å². The Kier molecular flexibility index (Phi) is 3.94. The van der Waals surface area contributed by atoms with Gasteiger partial charge in [0, 0.05) is 6.21 Å². The first-order valence-corrected chi connectivity index (χ1v) is 5.29. The van der Waals surface area contributed by atoms with E-state index in [4.69, 9.17) is 0 Å². The van der Waals surface area contributed by atoms with Crippen molar-refractivity contribution < 1.29 is 0 Å². The molecule has 0 fully saturated rings. The van der Waals surface area contributed by atoms with Crippen LogP contribution in [0.4, 0.5) is 0 Å². The predicted octanol–water partition coefficient (Wildman–Crippen LogP) is 3.87. The number of rotatable bonds is 0. The van der Waals surface area contributed by atoms with Crippen LogP contribution in [0, 0.1) is 0 Å². The molecule has 1 nitrogen and oxygen atoms in total. The van der Waals surface area contributed by atoms with E-state index in [1.54, 1.807) is 5.57 Å². The minimum absolute atomic E-state index is 1.13. The van der Waals surface area contributed by atoms with E-state index in [0.29, 0.717) is 0 Å². The van der Waals surface area contributed by atoms with Gasteiger partial charge in [-0.1, -0.05) is 25.5 Å². The molecule has 72 valence electrons. The summed E-state index contributed by atoms with van der Waals surface area (Å²) in [6.45, 7) is 6.24. The Hall–Kier alpha value is -0.850. The zero-order valence-electron chi connectivity index (χ0n) is 8.93. The summed E-state index contributed by atoms with van der Waals surface area (Å²) in [5, 5.41) is 0. The average Bonchev–Trinajstić information content (AvgIpc) is 2.22. The van der Waals surface area contributed by atoms with Gasteiger partial charge >= 0.3 is 0 Å². The second kappa shape index (κ2) is 5.00. The van der Waals surface area contributed by atoms with Crippen LogP contribution in [0.25, 0.3) is 0 Å². The van der Waals surface area contributed by atoms with E-state index < -0.39 is 0 Å². The van der Waals surface area contributed by atoms with Crippen LogP contribution in [0.2, 0.25) is 0 Å². The minimum atomic E-state index is 1.13. The number of allylic oxidation sites excluding steroid dienone is 3. The fourth-order valence-corrected chi connectivity index (χ4v) is 1.76. The molecular formula is C12H19N. The van der Waals surface area contributed by atoms with Gasteiger partial charge in [-0.3, -0.25) is 4.99 Å². The van der Waals surface area contributed by atoms with Crippen molar-refractivity contribution in [3.05, 3.63) is 22.9 Å². The van der Waals surface area contributed by atoms with Gasteiger partial charge in [-0.25, -0.2) is 0 Å². The van der Waals surface area contributed by atoms with E-state index in [1.165, 1.54) is 30.5 Å². The van der Waals surface area contributed by atoms with Crippen LogP contribution >= 0.6 is 0 Å². The molecule has 0 aromatic heterocycles. The summed E-state index contributed by atoms with van der Waals surface area (Å²) in [4.78, 5) is 4.38. The van der Waals surface area contributed by atoms with Crippen LogP contribution in [0.3, 0.4) is 0 Å². The molecule has 1 heteroatoms. The monoisotopic (exact) mass is 177 g/mol. The van der Waals surface area contributed by atoms with Crippen LogP contribution in [0.1, 0.15) is 46.5 Å². The molecule has 0 N–H and O–H groups in total. The van der Waals surface area contributed by atoms with Gasteiger partial charge in [0.1, 0.15) is 0 Å². The summed E-state index contributed by atoms with van der Waals surface area (Å²) < 4.78 is 0. The van der Waals surface area contributed by atoms with Crippen molar-refractivity contribution in [2.24, 2.45) is 4.99 Å². The Morgan fingerprint density at radius 3 is 2.62 bits per heavy atom. The molecule has 0 aromatic rings. The van der Waals surface area contributed by atoms with Crippen LogP contribution in [0.5, 0.6) is 0 Å². The first kappa shape index (κ1) is 10.2. The molecule has 0 atom stereocenters. The van der Waals surface area contributed by atoms with E-state index in [9.17, 15) is 0 Å². The van der Waals surface area contributed by atoms with Crippen LogP contribution in [-0.4, -0.2) is 6.21 Å². The summed E-state index contributed by atoms with van der Waals surface area (Å²) in [5.41, 5.74) is 4.32. The second-order valence-electron chi connectivity index (χ2n) is 3.24. The highest BCUT2D eigenvalue weighted by Gasteiger charge is 2.13. The van der Waals surface area contributed by atoms with Gasteiger partial charge in [0.15, 0.2) is 0 Å². The third kappa shape index (κ3) is 2.30. The molecule has 0 saturated heterocycles. The van der Waals surface area contributed by atoms with Crippen molar-refractivity contribution in [2.75, 3.05) is 0 Å². The summed E-state index contributed by atoms with van der Waals surface area (Å²) in [7, 11) is 0. The maximum Gasteiger partial charge on any atom is 0.0617 e. The summed E-state index contributed by atoms with van der Waals surface area (Å²) in [6, 6.07) is 0. The number of aliphatic imine (C=N–C) groups is 1. The maximum absolute atomic E-state index is 4.38. The Labute approximate surface area is 81.3 Å². The molecular weight excluding hydrogens is 158 g/mol. The lowest BCUT2D eigenvalue weighted by Crippen LogP contribution is -2.02. The molecule has 0 spiro atoms. The van der Waals surface area contributed by atoms with Crippen molar-refractivity contribution in [1.29, 1.82) is 0 Å². The van der Waals surface area contributed by atoms with Gasteiger partial charge in [-0.15, -0.1) is 0 Å². The third-order valence-electron chi connectivity index (χ3n) is 2.44. The van der Waals surface area contributed by atoms with E-state index in [1.807, 2.05) is 20.1 Å². The SMILES string of the molecule is CC.CC1=C2CCC=NC2=CCC1. The molecule has 1 aliphatic carbocycles. The second-order valence-corrected chi connectivity index (χ2v) is 3.24. The maximum atomic E-state index is 4.38. The van der Waals surface area contributed by atoms with Crippen LogP contribution < -0.4 is 0 Å². The Morgan fingerprint density at radius 2 is 1.92 bits per heavy atom. The number of fused-ring (bicyclic) bond motifs is 1. The van der Waals surface area contributed by atoms with Gasteiger partial charge in [0.05, 0.1) is 5.70 Å². The molecule has 2 aliphatic rings. The van der Waals surface area contributed by atoms with Crippen molar-refractivity contribution in [3.63, 3.8) is 0 Å². The first-order valence-electron chi connectivity index (χ1n) is 5.29. The number of nitrogens with zero attached hydrogens (tertiary/aromatic N) is 1. The lowest BCUT2D eigenvalue weighted by molar-refractivity contribution is 0.854. The van der Waals surface area contributed by atoms with E-state index in [-0.39, 0.29) is 0 Å². The molecule has 1 heterocycles. The number of hydrogen-bond acceptors (Lipinski definition) is 1. The number of hydrogen-bond donors (Lipinski definition) is 0. The smallest absolute Gasteiger partial charge is 0.0617 e. The lowest BCUT2D eigenvalue weighted by atomic mass is 9.92. The topological polar surface area (TPSA) is 12.4 Å². The van der Waals surface area contributed by atoms with Crippen molar-refractivity contribution in [3.8, 4) is 0 Å². The van der Waals surface area contributed by atoms with Gasteiger partial charge in [-0.05, 0) is 38.2 Å². The average molecular weight is 177 g/mol. The Bertz CT molecular complexity index is 256. The molecule has 0 radical (unpaired) electrons. The largest absolute Gasteiger partial charge is 0.261 e. The van der Waals surface area contributed by atoms with Gasteiger partial charge in [0.25, 0.3) is 0 Å². The molecule has 13 heavy (non-hydrogen) atoms. The van der Waals surface area contributed by atoms with Gasteiger partial charge < -0.3 is 0 Å². The molecule has 0 amide bonds. The van der Waals surface area contributed by atoms with Crippen molar-refractivity contribution in [2.45, 2.75) is 46.5 Å². The first-order chi connectivity index (χ1) is 6.38. The van der Waals surface area contributed by atoms with Crippen molar-refractivity contribution >= 4 is 6.21 Å². The zero-order valence-corrected chi connectivity index (χ0v) is 8.93. The molecule has 1 aliphatic heterocycles. The molecule has 2 rings (SSSR count). The van der Waals surface area contributed by atoms with Crippen LogP contribution in [0.15, 0.2) is 27.9 Å². The molecule has 0 unspecified atom stereocenters. The fourth-order valence-electron chi connectivity index (χ4n) is 1.76. The molecule has 0 bridgehead atoms. The fraction of sp³-hybridized carbons (Fsp3) is 0.583. The normalized spacial score (nSPS) is 20.1. The summed E-state index contributed by atoms with van der Waals surface area (Å²) in [6.07, 6.45) is 9.06. The highest BCUT2D eigenvalue weighted by molar-refractivity contribution is 5.64. The third-order valence-corrected chi connectivity index (χ3v) is 2.44. The molecule has 0 saturated carbocycles. The predicted molar refractivity (Wildman–Crippen MR) is 59.1 cm³/mol. The van der Waals surface area contributed by atoms with E-state index in [0.717, 1.165) is 6.42 Å². The molecule has 0 aromatic carbocycles. The summed E-state index contributed by atoms with van der Waals surface area (Å²) in [5.74, 6) is 0. The van der Waals surface area contributed by atoms with E-state index in [2.05, 4.69) is 18.0 Å². The van der Waals surface area contributed by atoms with Gasteiger partial charge in [-0.2, -0.15) is 0 Å². The standard InChI is InChI=1S/C10H13N.C2H6/c1-8-4-2-6-10-9(8)5-3-7-11-10;1-2/h6-7H,2-5H2,1H3;1-2H3. The van der Waals surface area contributed by atoms with E-state index >= 15 is 0 Å². The highest BCUT2D eigenvalue weighted by atomic mass is 14.7. The van der Waals surface area contributed by atoms with Crippen LogP contribution in [-0.2, 0) is 0 Å². The summed E-state index contributed by atoms with van der Waals surface area (Å²) >= 11 is 0. The van der Waals surface area contributed by atoms with Gasteiger partial charge in [0.2, 0.25) is 0 Å². The Balaban J connectivity index is 0.000000396. The quantitative estimate of drug-likeness (QED) is 0.532. The minimum Gasteiger partial charge on any atom is -0.261 e. The highest BCUT2D eigenvalue weighted by Crippen LogP contribution is 2.30. The Morgan fingerprint density at radius 1 is 1.15 bits per heavy atom. The lowest BCUT2D eigenvalue weighted by Gasteiger charge is -2.19. The zero-order chi connectivity index (χ0) is 9.68.